The molecule has 1 aliphatic heterocycles. The van der Waals surface area contributed by atoms with Crippen molar-refractivity contribution in [2.24, 2.45) is 0 Å². The third-order valence-electron chi connectivity index (χ3n) is 3.56. The summed E-state index contributed by atoms with van der Waals surface area (Å²) in [6.07, 6.45) is 2.84. The van der Waals surface area contributed by atoms with Gasteiger partial charge in [0.15, 0.2) is 11.5 Å². The summed E-state index contributed by atoms with van der Waals surface area (Å²) in [7, 11) is 0. The van der Waals surface area contributed by atoms with Crippen molar-refractivity contribution in [1.29, 1.82) is 0 Å². The first kappa shape index (κ1) is 16.5. The number of hydrogen-bond donors (Lipinski definition) is 3. The maximum absolute atomic E-state index is 12.3. The lowest BCUT2D eigenvalue weighted by Crippen LogP contribution is -2.16. The van der Waals surface area contributed by atoms with E-state index in [2.05, 4.69) is 5.32 Å². The molecule has 7 heteroatoms. The Morgan fingerprint density at radius 2 is 1.92 bits per heavy atom. The standard InChI is InChI=1S/C18H16N2O5/c21-17(20-23)8-6-13-3-1-2-4-14(13)19-18(22)10-12-5-7-15-16(9-12)25-11-24-15/h1-9,23H,10-11H2,(H,19,22)(H,20,21)/b8-6+. The van der Waals surface area contributed by atoms with E-state index in [-0.39, 0.29) is 19.1 Å². The normalized spacial score (nSPS) is 12.2. The Labute approximate surface area is 143 Å². The van der Waals surface area contributed by atoms with Gasteiger partial charge in [-0.2, -0.15) is 0 Å². The van der Waals surface area contributed by atoms with Gasteiger partial charge in [0.05, 0.1) is 6.42 Å². The van der Waals surface area contributed by atoms with Crippen molar-refractivity contribution in [2.75, 3.05) is 12.1 Å². The molecule has 25 heavy (non-hydrogen) atoms. The smallest absolute Gasteiger partial charge is 0.267 e. The lowest BCUT2D eigenvalue weighted by atomic mass is 10.1. The maximum Gasteiger partial charge on any atom is 0.267 e. The fourth-order valence-electron chi connectivity index (χ4n) is 2.39. The molecule has 0 fully saturated rings. The van der Waals surface area contributed by atoms with Crippen LogP contribution in [-0.4, -0.2) is 23.8 Å². The molecule has 0 unspecified atom stereocenters. The van der Waals surface area contributed by atoms with E-state index in [0.29, 0.717) is 22.7 Å². The first-order valence-corrected chi connectivity index (χ1v) is 7.55. The molecule has 0 aliphatic carbocycles. The summed E-state index contributed by atoms with van der Waals surface area (Å²) in [6, 6.07) is 12.4. The summed E-state index contributed by atoms with van der Waals surface area (Å²) < 4.78 is 10.5. The van der Waals surface area contributed by atoms with Crippen molar-refractivity contribution < 1.29 is 24.3 Å². The van der Waals surface area contributed by atoms with Crippen LogP contribution >= 0.6 is 0 Å². The molecule has 0 spiro atoms. The number of rotatable bonds is 5. The van der Waals surface area contributed by atoms with Gasteiger partial charge in [-0.05, 0) is 35.4 Å². The molecule has 0 saturated carbocycles. The molecule has 0 aromatic heterocycles. The van der Waals surface area contributed by atoms with Crippen LogP contribution in [0.1, 0.15) is 11.1 Å². The molecular formula is C18H16N2O5. The number of benzene rings is 2. The quantitative estimate of drug-likeness (QED) is 0.440. The second-order valence-corrected chi connectivity index (χ2v) is 5.31. The summed E-state index contributed by atoms with van der Waals surface area (Å²) in [5, 5.41) is 11.3. The molecule has 7 nitrogen and oxygen atoms in total. The zero-order chi connectivity index (χ0) is 17.6. The summed E-state index contributed by atoms with van der Waals surface area (Å²) in [5.41, 5.74) is 3.52. The minimum atomic E-state index is -0.651. The zero-order valence-electron chi connectivity index (χ0n) is 13.2. The van der Waals surface area contributed by atoms with Gasteiger partial charge in [-0.25, -0.2) is 5.48 Å². The maximum atomic E-state index is 12.3. The number of carbonyl (C=O) groups is 2. The van der Waals surface area contributed by atoms with Gasteiger partial charge in [0.25, 0.3) is 5.91 Å². The van der Waals surface area contributed by atoms with Gasteiger partial charge in [0.2, 0.25) is 12.7 Å². The molecule has 3 N–H and O–H groups in total. The van der Waals surface area contributed by atoms with E-state index in [1.165, 1.54) is 17.6 Å². The summed E-state index contributed by atoms with van der Waals surface area (Å²) in [5.74, 6) is 0.443. The van der Waals surface area contributed by atoms with Crippen molar-refractivity contribution in [3.63, 3.8) is 0 Å². The van der Waals surface area contributed by atoms with Crippen LogP contribution < -0.4 is 20.3 Å². The molecule has 0 saturated heterocycles. The largest absolute Gasteiger partial charge is 0.454 e. The highest BCUT2D eigenvalue weighted by Gasteiger charge is 2.14. The Balaban J connectivity index is 1.69. The fourth-order valence-corrected chi connectivity index (χ4v) is 2.39. The van der Waals surface area contributed by atoms with E-state index < -0.39 is 5.91 Å². The number of fused-ring (bicyclic) bond motifs is 1. The van der Waals surface area contributed by atoms with E-state index in [1.54, 1.807) is 36.4 Å². The van der Waals surface area contributed by atoms with Crippen molar-refractivity contribution in [2.45, 2.75) is 6.42 Å². The molecule has 2 amide bonds. The van der Waals surface area contributed by atoms with Crippen LogP contribution in [0.25, 0.3) is 6.08 Å². The SMILES string of the molecule is O=C(/C=C/c1ccccc1NC(=O)Cc1ccc2c(c1)OCO2)NO. The second kappa shape index (κ2) is 7.50. The van der Waals surface area contributed by atoms with Crippen LogP contribution in [-0.2, 0) is 16.0 Å². The summed E-state index contributed by atoms with van der Waals surface area (Å²) >= 11 is 0. The van der Waals surface area contributed by atoms with E-state index in [1.807, 2.05) is 6.07 Å². The molecule has 0 bridgehead atoms. The lowest BCUT2D eigenvalue weighted by Gasteiger charge is -2.09. The molecule has 3 rings (SSSR count). The Kier molecular flexibility index (Phi) is 4.96. The number of ether oxygens (including phenoxy) is 2. The highest BCUT2D eigenvalue weighted by Crippen LogP contribution is 2.32. The Hall–Kier alpha value is -3.32. The molecule has 0 radical (unpaired) electrons. The molecule has 128 valence electrons. The summed E-state index contributed by atoms with van der Waals surface area (Å²) in [6.45, 7) is 0.187. The van der Waals surface area contributed by atoms with Gasteiger partial charge in [-0.1, -0.05) is 24.3 Å². The molecule has 2 aromatic rings. The highest BCUT2D eigenvalue weighted by atomic mass is 16.7. The predicted molar refractivity (Wildman–Crippen MR) is 90.3 cm³/mol. The second-order valence-electron chi connectivity index (χ2n) is 5.31. The van der Waals surface area contributed by atoms with Crippen LogP contribution in [0.5, 0.6) is 11.5 Å². The Morgan fingerprint density at radius 1 is 1.12 bits per heavy atom. The van der Waals surface area contributed by atoms with Crippen LogP contribution in [0.4, 0.5) is 5.69 Å². The molecule has 2 aromatic carbocycles. The van der Waals surface area contributed by atoms with Crippen LogP contribution in [0.15, 0.2) is 48.5 Å². The van der Waals surface area contributed by atoms with Gasteiger partial charge >= 0.3 is 0 Å². The number of hydrogen-bond acceptors (Lipinski definition) is 5. The Morgan fingerprint density at radius 3 is 2.76 bits per heavy atom. The lowest BCUT2D eigenvalue weighted by molar-refractivity contribution is -0.124. The molecule has 0 atom stereocenters. The highest BCUT2D eigenvalue weighted by molar-refractivity contribution is 5.96. The van der Waals surface area contributed by atoms with Crippen molar-refractivity contribution in [1.82, 2.24) is 5.48 Å². The monoisotopic (exact) mass is 340 g/mol. The van der Waals surface area contributed by atoms with Gasteiger partial charge in [0.1, 0.15) is 0 Å². The van der Waals surface area contributed by atoms with E-state index in [4.69, 9.17) is 14.7 Å². The number of nitrogens with one attached hydrogen (secondary N) is 2. The summed E-state index contributed by atoms with van der Waals surface area (Å²) in [4.78, 5) is 23.4. The number of amides is 2. The number of para-hydroxylation sites is 1. The zero-order valence-corrected chi connectivity index (χ0v) is 13.2. The number of hydroxylamine groups is 1. The van der Waals surface area contributed by atoms with Crippen molar-refractivity contribution >= 4 is 23.6 Å². The first-order chi connectivity index (χ1) is 12.2. The first-order valence-electron chi connectivity index (χ1n) is 7.55. The van der Waals surface area contributed by atoms with E-state index in [9.17, 15) is 9.59 Å². The predicted octanol–water partition coefficient (Wildman–Crippen LogP) is 2.12. The number of carbonyl (C=O) groups excluding carboxylic acids is 2. The average molecular weight is 340 g/mol. The molecule has 1 aliphatic rings. The van der Waals surface area contributed by atoms with Crippen LogP contribution in [0.2, 0.25) is 0 Å². The van der Waals surface area contributed by atoms with E-state index >= 15 is 0 Å². The topological polar surface area (TPSA) is 96.9 Å². The van der Waals surface area contributed by atoms with Gasteiger partial charge in [-0.3, -0.25) is 14.8 Å². The fraction of sp³-hybridized carbons (Fsp3) is 0.111. The van der Waals surface area contributed by atoms with Crippen LogP contribution in [0.3, 0.4) is 0 Å². The third kappa shape index (κ3) is 4.15. The van der Waals surface area contributed by atoms with Gasteiger partial charge in [0, 0.05) is 11.8 Å². The number of anilines is 1. The molecule has 1 heterocycles. The van der Waals surface area contributed by atoms with Gasteiger partial charge in [-0.15, -0.1) is 0 Å². The van der Waals surface area contributed by atoms with Crippen molar-refractivity contribution in [3.8, 4) is 11.5 Å². The van der Waals surface area contributed by atoms with Crippen LogP contribution in [0, 0.1) is 0 Å². The third-order valence-corrected chi connectivity index (χ3v) is 3.56. The molecular weight excluding hydrogens is 324 g/mol. The average Bonchev–Trinajstić information content (AvgIpc) is 3.08. The Bertz CT molecular complexity index is 832. The minimum Gasteiger partial charge on any atom is -0.454 e. The minimum absolute atomic E-state index is 0.172. The van der Waals surface area contributed by atoms with E-state index in [0.717, 1.165) is 5.56 Å². The van der Waals surface area contributed by atoms with Crippen molar-refractivity contribution in [3.05, 3.63) is 59.7 Å². The van der Waals surface area contributed by atoms with Gasteiger partial charge < -0.3 is 14.8 Å².